The van der Waals surface area contributed by atoms with E-state index in [1.54, 1.807) is 12.1 Å². The molecule has 0 saturated carbocycles. The molecule has 0 saturated heterocycles. The molecule has 1 aromatic carbocycles. The van der Waals surface area contributed by atoms with Crippen molar-refractivity contribution in [1.82, 2.24) is 0 Å². The number of amides is 1. The summed E-state index contributed by atoms with van der Waals surface area (Å²) in [6, 6.07) is 6.32. The van der Waals surface area contributed by atoms with Gasteiger partial charge in [-0.3, -0.25) is 9.59 Å². The number of hydrogen-bond donors (Lipinski definition) is 1. The second-order valence-electron chi connectivity index (χ2n) is 2.45. The maximum absolute atomic E-state index is 10.8. The number of esters is 1. The second-order valence-corrected chi connectivity index (χ2v) is 2.45. The average molecular weight is 202 g/mol. The summed E-state index contributed by atoms with van der Waals surface area (Å²) in [6.07, 6.45) is 0. The van der Waals surface area contributed by atoms with Gasteiger partial charge in [0.2, 0.25) is 0 Å². The predicted molar refractivity (Wildman–Crippen MR) is 52.0 cm³/mol. The number of carbonyl (C=O) groups excluding carboxylic acids is 2. The minimum Gasteiger partial charge on any atom is -0.426 e. The first-order valence-electron chi connectivity index (χ1n) is 3.68. The van der Waals surface area contributed by atoms with E-state index < -0.39 is 11.9 Å². The van der Waals surface area contributed by atoms with E-state index in [0.717, 1.165) is 0 Å². The van der Waals surface area contributed by atoms with E-state index in [0.29, 0.717) is 0 Å². The molecule has 0 aromatic heterocycles. The molecule has 0 fully saturated rings. The van der Waals surface area contributed by atoms with Crippen molar-refractivity contribution >= 4 is 41.4 Å². The van der Waals surface area contributed by atoms with Crippen molar-refractivity contribution in [2.24, 2.45) is 5.73 Å². The average Bonchev–Trinajstić information content (AvgIpc) is 2.03. The van der Waals surface area contributed by atoms with Crippen LogP contribution in [0, 0.1) is 0 Å². The minimum absolute atomic E-state index is 0. The Morgan fingerprint density at radius 1 is 1.29 bits per heavy atom. The van der Waals surface area contributed by atoms with Crippen LogP contribution in [-0.4, -0.2) is 41.4 Å². The maximum Gasteiger partial charge on any atom is 0.308 e. The minimum atomic E-state index is -0.614. The molecule has 0 spiro atoms. The summed E-state index contributed by atoms with van der Waals surface area (Å²) < 4.78 is 4.77. The van der Waals surface area contributed by atoms with Gasteiger partial charge in [-0.25, -0.2) is 0 Å². The Hall–Kier alpha value is -0.840. The van der Waals surface area contributed by atoms with Gasteiger partial charge in [-0.05, 0) is 12.1 Å². The Kier molecular flexibility index (Phi) is 5.45. The molecule has 14 heavy (non-hydrogen) atoms. The third kappa shape index (κ3) is 3.49. The summed E-state index contributed by atoms with van der Waals surface area (Å²) in [5.41, 5.74) is 5.27. The maximum atomic E-state index is 10.8. The second kappa shape index (κ2) is 5.80. The van der Waals surface area contributed by atoms with Crippen molar-refractivity contribution in [2.75, 3.05) is 0 Å². The van der Waals surface area contributed by atoms with Gasteiger partial charge in [-0.1, -0.05) is 12.1 Å². The van der Waals surface area contributed by atoms with Crippen LogP contribution in [0.15, 0.2) is 24.3 Å². The number of nitrogens with two attached hydrogens (primary N) is 1. The van der Waals surface area contributed by atoms with Crippen LogP contribution in [0.2, 0.25) is 0 Å². The monoisotopic (exact) mass is 202 g/mol. The fourth-order valence-electron chi connectivity index (χ4n) is 0.914. The molecule has 0 bridgehead atoms. The van der Waals surface area contributed by atoms with Crippen molar-refractivity contribution in [3.63, 3.8) is 0 Å². The molecule has 1 aromatic rings. The van der Waals surface area contributed by atoms with Crippen molar-refractivity contribution < 1.29 is 14.3 Å². The molecule has 1 amide bonds. The van der Waals surface area contributed by atoms with E-state index >= 15 is 0 Å². The van der Waals surface area contributed by atoms with Crippen LogP contribution in [0.1, 0.15) is 17.3 Å². The van der Waals surface area contributed by atoms with E-state index in [1.165, 1.54) is 19.1 Å². The van der Waals surface area contributed by atoms with Gasteiger partial charge in [0.1, 0.15) is 5.75 Å². The number of rotatable bonds is 2. The van der Waals surface area contributed by atoms with Crippen LogP contribution < -0.4 is 10.5 Å². The Morgan fingerprint density at radius 2 is 1.86 bits per heavy atom. The fraction of sp³-hybridized carbons (Fsp3) is 0.111. The zero-order chi connectivity index (χ0) is 9.84. The van der Waals surface area contributed by atoms with Gasteiger partial charge < -0.3 is 10.5 Å². The molecule has 0 atom stereocenters. The van der Waals surface area contributed by atoms with Crippen LogP contribution in [0.4, 0.5) is 0 Å². The van der Waals surface area contributed by atoms with Crippen LogP contribution in [0.3, 0.4) is 0 Å². The van der Waals surface area contributed by atoms with E-state index in [1.807, 2.05) is 0 Å². The molecule has 69 valence electrons. The first kappa shape index (κ1) is 13.2. The Bertz CT molecular complexity index is 352. The van der Waals surface area contributed by atoms with Crippen molar-refractivity contribution in [1.29, 1.82) is 0 Å². The Balaban J connectivity index is 0.00000169. The zero-order valence-electron chi connectivity index (χ0n) is 8.11. The van der Waals surface area contributed by atoms with Crippen LogP contribution >= 0.6 is 0 Å². The smallest absolute Gasteiger partial charge is 0.308 e. The Morgan fingerprint density at radius 3 is 2.36 bits per heavy atom. The molecule has 4 nitrogen and oxygen atoms in total. The molecule has 2 N–H and O–H groups in total. The summed E-state index contributed by atoms with van der Waals surface area (Å²) in [6.45, 7) is 1.26. The van der Waals surface area contributed by atoms with Crippen molar-refractivity contribution in [3.05, 3.63) is 29.8 Å². The molecule has 0 aliphatic heterocycles. The zero-order valence-corrected chi connectivity index (χ0v) is 10.1. The number of ether oxygens (including phenoxy) is 1. The molecule has 0 aliphatic rings. The first-order chi connectivity index (χ1) is 6.11. The standard InChI is InChI=1S/C9H9NO3.Na/c1-6(11)13-8-5-3-2-4-7(8)9(10)12;/h2-5H,1H3,(H2,10,12);. The molecule has 0 aliphatic carbocycles. The molecule has 0 heterocycles. The molecular weight excluding hydrogens is 193 g/mol. The number of para-hydroxylation sites is 1. The van der Waals surface area contributed by atoms with Gasteiger partial charge in [0.25, 0.3) is 5.91 Å². The molecular formula is C9H9NNaO3. The Labute approximate surface area is 104 Å². The summed E-state index contributed by atoms with van der Waals surface area (Å²) in [4.78, 5) is 21.4. The van der Waals surface area contributed by atoms with Gasteiger partial charge in [0, 0.05) is 36.5 Å². The quantitative estimate of drug-likeness (QED) is 0.427. The molecule has 0 unspecified atom stereocenters. The topological polar surface area (TPSA) is 69.4 Å². The van der Waals surface area contributed by atoms with Crippen LogP contribution in [-0.2, 0) is 4.79 Å². The number of primary amides is 1. The van der Waals surface area contributed by atoms with Gasteiger partial charge in [0.05, 0.1) is 5.56 Å². The predicted octanol–water partition coefficient (Wildman–Crippen LogP) is 0.330. The van der Waals surface area contributed by atoms with E-state index in [-0.39, 0.29) is 40.9 Å². The molecule has 1 rings (SSSR count). The van der Waals surface area contributed by atoms with E-state index in [4.69, 9.17) is 10.5 Å². The van der Waals surface area contributed by atoms with Gasteiger partial charge in [-0.15, -0.1) is 0 Å². The first-order valence-corrected chi connectivity index (χ1v) is 3.68. The van der Waals surface area contributed by atoms with E-state index in [9.17, 15) is 9.59 Å². The summed E-state index contributed by atoms with van der Waals surface area (Å²) >= 11 is 0. The number of hydrogen-bond acceptors (Lipinski definition) is 3. The third-order valence-corrected chi connectivity index (χ3v) is 1.41. The SMILES string of the molecule is CC(=O)Oc1ccccc1C(N)=O.[Na]. The molecule has 1 radical (unpaired) electrons. The molecule has 5 heteroatoms. The normalized spacial score (nSPS) is 8.64. The summed E-state index contributed by atoms with van der Waals surface area (Å²) in [5, 5.41) is 0. The summed E-state index contributed by atoms with van der Waals surface area (Å²) in [7, 11) is 0. The van der Waals surface area contributed by atoms with Crippen LogP contribution in [0.5, 0.6) is 5.75 Å². The fourth-order valence-corrected chi connectivity index (χ4v) is 0.914. The van der Waals surface area contributed by atoms with Gasteiger partial charge >= 0.3 is 5.97 Å². The largest absolute Gasteiger partial charge is 0.426 e. The van der Waals surface area contributed by atoms with Crippen molar-refractivity contribution in [3.8, 4) is 5.75 Å². The van der Waals surface area contributed by atoms with Crippen LogP contribution in [0.25, 0.3) is 0 Å². The van der Waals surface area contributed by atoms with Crippen molar-refractivity contribution in [2.45, 2.75) is 6.92 Å². The third-order valence-electron chi connectivity index (χ3n) is 1.41. The van der Waals surface area contributed by atoms with E-state index in [2.05, 4.69) is 0 Å². The van der Waals surface area contributed by atoms with Gasteiger partial charge in [-0.2, -0.15) is 0 Å². The number of benzene rings is 1. The van der Waals surface area contributed by atoms with Gasteiger partial charge in [0.15, 0.2) is 0 Å². The number of carbonyl (C=O) groups is 2. The summed E-state index contributed by atoms with van der Waals surface area (Å²) in [5.74, 6) is -0.895.